The van der Waals surface area contributed by atoms with E-state index >= 15 is 0 Å². The van der Waals surface area contributed by atoms with E-state index in [4.69, 9.17) is 18.7 Å². The molecule has 0 amide bonds. The van der Waals surface area contributed by atoms with E-state index in [2.05, 4.69) is 10.1 Å². The number of esters is 1. The first-order valence-electron chi connectivity index (χ1n) is 8.87. The molecule has 0 aliphatic carbocycles. The van der Waals surface area contributed by atoms with Crippen LogP contribution in [0.1, 0.15) is 18.4 Å². The maximum Gasteiger partial charge on any atom is 0.416 e. The van der Waals surface area contributed by atoms with Gasteiger partial charge in [-0.2, -0.15) is 18.2 Å². The molecule has 0 N–H and O–H groups in total. The predicted molar refractivity (Wildman–Crippen MR) is 97.6 cm³/mol. The van der Waals surface area contributed by atoms with Crippen molar-refractivity contribution in [1.82, 2.24) is 10.1 Å². The first-order chi connectivity index (χ1) is 14.4. The molecule has 0 aliphatic heterocycles. The molecule has 0 radical (unpaired) electrons. The standard InChI is InChI=1S/C20H17F3N2O5/c1-2-27-15-5-3-4-6-16(15)28-12-18(26)29-11-17-24-19(25-30-17)13-7-9-14(10-8-13)20(21,22)23/h3-10H,2,11-12H2,1H3. The van der Waals surface area contributed by atoms with Crippen molar-refractivity contribution >= 4 is 5.97 Å². The van der Waals surface area contributed by atoms with Crippen molar-refractivity contribution in [3.63, 3.8) is 0 Å². The quantitative estimate of drug-likeness (QED) is 0.501. The van der Waals surface area contributed by atoms with Crippen molar-refractivity contribution in [3.05, 3.63) is 60.0 Å². The Labute approximate surface area is 169 Å². The lowest BCUT2D eigenvalue weighted by Gasteiger charge is -2.10. The fraction of sp³-hybridized carbons (Fsp3) is 0.250. The number of nitrogens with zero attached hydrogens (tertiary/aromatic N) is 2. The highest BCUT2D eigenvalue weighted by Gasteiger charge is 2.30. The molecule has 1 heterocycles. The van der Waals surface area contributed by atoms with E-state index in [0.29, 0.717) is 23.7 Å². The SMILES string of the molecule is CCOc1ccccc1OCC(=O)OCc1nc(-c2ccc(C(F)(F)F)cc2)no1. The van der Waals surface area contributed by atoms with Gasteiger partial charge in [0.25, 0.3) is 5.89 Å². The Hall–Kier alpha value is -3.56. The van der Waals surface area contributed by atoms with Crippen molar-refractivity contribution < 1.29 is 36.7 Å². The fourth-order valence-corrected chi connectivity index (χ4v) is 2.40. The Morgan fingerprint density at radius 2 is 1.70 bits per heavy atom. The van der Waals surface area contributed by atoms with E-state index in [0.717, 1.165) is 12.1 Å². The van der Waals surface area contributed by atoms with E-state index in [1.54, 1.807) is 24.3 Å². The highest BCUT2D eigenvalue weighted by atomic mass is 19.4. The predicted octanol–water partition coefficient (Wildman–Crippen LogP) is 4.28. The summed E-state index contributed by atoms with van der Waals surface area (Å²) in [4.78, 5) is 15.9. The minimum atomic E-state index is -4.43. The van der Waals surface area contributed by atoms with E-state index < -0.39 is 17.7 Å². The van der Waals surface area contributed by atoms with Gasteiger partial charge in [0.1, 0.15) is 0 Å². The lowest BCUT2D eigenvalue weighted by molar-refractivity contribution is -0.148. The normalized spacial score (nSPS) is 11.2. The topological polar surface area (TPSA) is 83.7 Å². The average Bonchev–Trinajstić information content (AvgIpc) is 3.20. The summed E-state index contributed by atoms with van der Waals surface area (Å²) >= 11 is 0. The van der Waals surface area contributed by atoms with Crippen LogP contribution < -0.4 is 9.47 Å². The monoisotopic (exact) mass is 422 g/mol. The van der Waals surface area contributed by atoms with Gasteiger partial charge in [-0.05, 0) is 31.2 Å². The highest BCUT2D eigenvalue weighted by Crippen LogP contribution is 2.30. The third-order valence-electron chi connectivity index (χ3n) is 3.79. The number of carbonyl (C=O) groups excluding carboxylic acids is 1. The molecule has 0 atom stereocenters. The fourth-order valence-electron chi connectivity index (χ4n) is 2.40. The highest BCUT2D eigenvalue weighted by molar-refractivity contribution is 5.71. The molecule has 3 rings (SSSR count). The first kappa shape index (κ1) is 21.2. The summed E-state index contributed by atoms with van der Waals surface area (Å²) in [5.41, 5.74) is -0.449. The number of halogens is 3. The van der Waals surface area contributed by atoms with Crippen LogP contribution in [0.25, 0.3) is 11.4 Å². The maximum atomic E-state index is 12.6. The van der Waals surface area contributed by atoms with E-state index in [-0.39, 0.29) is 24.9 Å². The van der Waals surface area contributed by atoms with Crippen molar-refractivity contribution in [2.24, 2.45) is 0 Å². The molecule has 0 saturated carbocycles. The van der Waals surface area contributed by atoms with Gasteiger partial charge in [0.2, 0.25) is 5.82 Å². The van der Waals surface area contributed by atoms with Crippen molar-refractivity contribution in [2.75, 3.05) is 13.2 Å². The number of rotatable bonds is 8. The molecule has 0 aliphatic rings. The minimum Gasteiger partial charge on any atom is -0.490 e. The lowest BCUT2D eigenvalue weighted by atomic mass is 10.1. The molecular weight excluding hydrogens is 405 g/mol. The van der Waals surface area contributed by atoms with Crippen molar-refractivity contribution in [2.45, 2.75) is 19.7 Å². The summed E-state index contributed by atoms with van der Waals surface area (Å²) in [6.45, 7) is 1.62. The number of hydrogen-bond donors (Lipinski definition) is 0. The third-order valence-corrected chi connectivity index (χ3v) is 3.79. The second-order valence-corrected chi connectivity index (χ2v) is 5.92. The molecule has 2 aromatic carbocycles. The average molecular weight is 422 g/mol. The van der Waals surface area contributed by atoms with Crippen LogP contribution in [0.15, 0.2) is 53.1 Å². The second kappa shape index (κ2) is 9.29. The van der Waals surface area contributed by atoms with Crippen LogP contribution >= 0.6 is 0 Å². The van der Waals surface area contributed by atoms with Crippen LogP contribution in [-0.2, 0) is 22.3 Å². The number of hydrogen-bond acceptors (Lipinski definition) is 7. The Morgan fingerprint density at radius 1 is 1.03 bits per heavy atom. The van der Waals surface area contributed by atoms with Crippen LogP contribution in [0, 0.1) is 0 Å². The number of para-hydroxylation sites is 2. The van der Waals surface area contributed by atoms with Crippen LogP contribution in [0.3, 0.4) is 0 Å². The minimum absolute atomic E-state index is 0.00651. The van der Waals surface area contributed by atoms with E-state index in [1.165, 1.54) is 12.1 Å². The molecule has 10 heteroatoms. The Morgan fingerprint density at radius 3 is 2.33 bits per heavy atom. The maximum absolute atomic E-state index is 12.6. The number of aromatic nitrogens is 2. The summed E-state index contributed by atoms with van der Waals surface area (Å²) < 4.78 is 58.6. The van der Waals surface area contributed by atoms with Crippen molar-refractivity contribution in [1.29, 1.82) is 0 Å². The van der Waals surface area contributed by atoms with Gasteiger partial charge >= 0.3 is 12.1 Å². The number of benzene rings is 2. The smallest absolute Gasteiger partial charge is 0.416 e. The van der Waals surface area contributed by atoms with Crippen LogP contribution in [-0.4, -0.2) is 29.3 Å². The van der Waals surface area contributed by atoms with E-state index in [1.807, 2.05) is 6.92 Å². The summed E-state index contributed by atoms with van der Waals surface area (Å²) in [5, 5.41) is 3.68. The first-order valence-corrected chi connectivity index (χ1v) is 8.87. The molecule has 30 heavy (non-hydrogen) atoms. The molecule has 1 aromatic heterocycles. The Balaban J connectivity index is 1.52. The zero-order valence-electron chi connectivity index (χ0n) is 15.8. The molecule has 0 spiro atoms. The number of carbonyl (C=O) groups is 1. The number of alkyl halides is 3. The van der Waals surface area contributed by atoms with Gasteiger partial charge in [-0.25, -0.2) is 4.79 Å². The summed E-state index contributed by atoms with van der Waals surface area (Å²) in [6.07, 6.45) is -4.43. The summed E-state index contributed by atoms with van der Waals surface area (Å²) in [7, 11) is 0. The third kappa shape index (κ3) is 5.49. The van der Waals surface area contributed by atoms with Gasteiger partial charge in [-0.1, -0.05) is 29.4 Å². The summed E-state index contributed by atoms with van der Waals surface area (Å²) in [5.74, 6) is 0.310. The van der Waals surface area contributed by atoms with E-state index in [9.17, 15) is 18.0 Å². The zero-order chi connectivity index (χ0) is 21.6. The molecule has 0 fully saturated rings. The van der Waals surface area contributed by atoms with Gasteiger partial charge in [-0.3, -0.25) is 0 Å². The largest absolute Gasteiger partial charge is 0.490 e. The lowest BCUT2D eigenvalue weighted by Crippen LogP contribution is -2.15. The van der Waals surface area contributed by atoms with Crippen LogP contribution in [0.5, 0.6) is 11.5 Å². The molecule has 3 aromatic rings. The van der Waals surface area contributed by atoms with Crippen molar-refractivity contribution in [3.8, 4) is 22.9 Å². The van der Waals surface area contributed by atoms with Gasteiger partial charge in [-0.15, -0.1) is 0 Å². The molecule has 158 valence electrons. The Kier molecular flexibility index (Phi) is 6.55. The molecular formula is C20H17F3N2O5. The molecule has 0 bridgehead atoms. The van der Waals surface area contributed by atoms with Gasteiger partial charge in [0.15, 0.2) is 24.7 Å². The Bertz CT molecular complexity index is 987. The van der Waals surface area contributed by atoms with Gasteiger partial charge in [0.05, 0.1) is 12.2 Å². The van der Waals surface area contributed by atoms with Gasteiger partial charge < -0.3 is 18.7 Å². The second-order valence-electron chi connectivity index (χ2n) is 5.92. The van der Waals surface area contributed by atoms with Gasteiger partial charge in [0, 0.05) is 5.56 Å². The molecule has 0 unspecified atom stereocenters. The zero-order valence-corrected chi connectivity index (χ0v) is 15.8. The molecule has 7 nitrogen and oxygen atoms in total. The van der Waals surface area contributed by atoms with Crippen LogP contribution in [0.4, 0.5) is 13.2 Å². The number of ether oxygens (including phenoxy) is 3. The molecule has 0 saturated heterocycles. The summed E-state index contributed by atoms with van der Waals surface area (Å²) in [6, 6.07) is 11.2. The van der Waals surface area contributed by atoms with Crippen LogP contribution in [0.2, 0.25) is 0 Å².